The van der Waals surface area contributed by atoms with Crippen LogP contribution in [0.2, 0.25) is 0 Å². The van der Waals surface area contributed by atoms with Crippen LogP contribution in [0, 0.1) is 0 Å². The smallest absolute Gasteiger partial charge is 0.143 e. The highest BCUT2D eigenvalue weighted by Gasteiger charge is 2.24. The molecule has 1 aliphatic carbocycles. The van der Waals surface area contributed by atoms with E-state index in [2.05, 4.69) is 9.97 Å². The zero-order valence-corrected chi connectivity index (χ0v) is 10.3. The first kappa shape index (κ1) is 10.8. The van der Waals surface area contributed by atoms with Gasteiger partial charge in [0.2, 0.25) is 0 Å². The maximum Gasteiger partial charge on any atom is 0.143 e. The summed E-state index contributed by atoms with van der Waals surface area (Å²) in [5.74, 6) is 0.431. The van der Waals surface area contributed by atoms with Crippen LogP contribution in [-0.2, 0) is 6.42 Å². The molecule has 2 aromatic heterocycles. The van der Waals surface area contributed by atoms with Crippen molar-refractivity contribution in [2.45, 2.75) is 25.2 Å². The summed E-state index contributed by atoms with van der Waals surface area (Å²) < 4.78 is 0. The Morgan fingerprint density at radius 2 is 2.35 bits per heavy atom. The molecule has 0 spiro atoms. The lowest BCUT2D eigenvalue weighted by Crippen LogP contribution is -2.17. The Morgan fingerprint density at radius 1 is 1.41 bits per heavy atom. The summed E-state index contributed by atoms with van der Waals surface area (Å²) in [7, 11) is 0. The molecule has 17 heavy (non-hydrogen) atoms. The fourth-order valence-electron chi connectivity index (χ4n) is 2.26. The first-order valence-corrected chi connectivity index (χ1v) is 6.66. The molecule has 1 aliphatic rings. The van der Waals surface area contributed by atoms with Gasteiger partial charge in [0, 0.05) is 29.7 Å². The summed E-state index contributed by atoms with van der Waals surface area (Å²) in [4.78, 5) is 14.5. The minimum absolute atomic E-state index is 0.431. The highest BCUT2D eigenvalue weighted by Crippen LogP contribution is 2.36. The largest absolute Gasteiger partial charge is 0.330 e. The number of hydrogen-bond acceptors (Lipinski definition) is 5. The van der Waals surface area contributed by atoms with Crippen LogP contribution in [0.4, 0.5) is 0 Å². The quantitative estimate of drug-likeness (QED) is 0.880. The minimum Gasteiger partial charge on any atom is -0.330 e. The molecule has 3 rings (SSSR count). The zero-order chi connectivity index (χ0) is 11.7. The van der Waals surface area contributed by atoms with Crippen LogP contribution in [0.3, 0.4) is 0 Å². The standard InChI is InChI=1S/C12H14N4S/c13-6-8-2-1-3-10-11(8)16-12(17-10)9-7-14-4-5-15-9/h4-5,7-8H,1-3,6,13H2. The van der Waals surface area contributed by atoms with E-state index in [1.807, 2.05) is 0 Å². The van der Waals surface area contributed by atoms with Gasteiger partial charge in [0.15, 0.2) is 0 Å². The van der Waals surface area contributed by atoms with Crippen molar-refractivity contribution in [3.63, 3.8) is 0 Å². The average molecular weight is 246 g/mol. The summed E-state index contributed by atoms with van der Waals surface area (Å²) in [5, 5.41) is 0.975. The molecule has 88 valence electrons. The maximum absolute atomic E-state index is 5.80. The fourth-order valence-corrected chi connectivity index (χ4v) is 3.41. The van der Waals surface area contributed by atoms with Gasteiger partial charge in [-0.1, -0.05) is 0 Å². The van der Waals surface area contributed by atoms with E-state index >= 15 is 0 Å². The maximum atomic E-state index is 5.80. The molecule has 2 N–H and O–H groups in total. The average Bonchev–Trinajstić information content (AvgIpc) is 2.83. The summed E-state index contributed by atoms with van der Waals surface area (Å²) in [5.41, 5.74) is 7.86. The van der Waals surface area contributed by atoms with Crippen LogP contribution >= 0.6 is 11.3 Å². The number of thiazole rings is 1. The number of nitrogens with zero attached hydrogens (tertiary/aromatic N) is 3. The van der Waals surface area contributed by atoms with Gasteiger partial charge < -0.3 is 5.73 Å². The Labute approximate surface area is 104 Å². The molecule has 0 fully saturated rings. The van der Waals surface area contributed by atoms with E-state index < -0.39 is 0 Å². The third kappa shape index (κ3) is 1.96. The zero-order valence-electron chi connectivity index (χ0n) is 9.47. The van der Waals surface area contributed by atoms with Gasteiger partial charge in [-0.2, -0.15) is 0 Å². The molecule has 0 saturated heterocycles. The molecular formula is C12H14N4S. The Kier molecular flexibility index (Phi) is 2.86. The molecule has 0 aliphatic heterocycles. The monoisotopic (exact) mass is 246 g/mol. The summed E-state index contributed by atoms with van der Waals surface area (Å²) >= 11 is 1.74. The van der Waals surface area contributed by atoms with Gasteiger partial charge >= 0.3 is 0 Å². The lowest BCUT2D eigenvalue weighted by Gasteiger charge is -2.18. The second-order valence-corrected chi connectivity index (χ2v) is 5.33. The second-order valence-electron chi connectivity index (χ2n) is 4.24. The lowest BCUT2D eigenvalue weighted by atomic mass is 9.91. The van der Waals surface area contributed by atoms with Crippen LogP contribution < -0.4 is 5.73 Å². The molecule has 1 atom stereocenters. The number of hydrogen-bond donors (Lipinski definition) is 1. The Morgan fingerprint density at radius 3 is 3.12 bits per heavy atom. The highest BCUT2D eigenvalue weighted by molar-refractivity contribution is 7.15. The van der Waals surface area contributed by atoms with Crippen LogP contribution in [0.15, 0.2) is 18.6 Å². The van der Waals surface area contributed by atoms with Crippen molar-refractivity contribution in [3.05, 3.63) is 29.2 Å². The molecule has 4 nitrogen and oxygen atoms in total. The molecule has 0 radical (unpaired) electrons. The van der Waals surface area contributed by atoms with Crippen LogP contribution in [0.5, 0.6) is 0 Å². The van der Waals surface area contributed by atoms with E-state index in [0.29, 0.717) is 12.5 Å². The topological polar surface area (TPSA) is 64.7 Å². The molecule has 2 aromatic rings. The van der Waals surface area contributed by atoms with Crippen molar-refractivity contribution in [2.24, 2.45) is 5.73 Å². The van der Waals surface area contributed by atoms with Gasteiger partial charge in [0.05, 0.1) is 11.9 Å². The normalized spacial score (nSPS) is 19.0. The van der Waals surface area contributed by atoms with E-state index in [1.165, 1.54) is 17.0 Å². The SMILES string of the molecule is NCC1CCCc2sc(-c3cnccn3)nc21. The number of aromatic nitrogens is 3. The van der Waals surface area contributed by atoms with Gasteiger partial charge in [-0.15, -0.1) is 11.3 Å². The third-order valence-electron chi connectivity index (χ3n) is 3.14. The van der Waals surface area contributed by atoms with Crippen molar-refractivity contribution < 1.29 is 0 Å². The third-order valence-corrected chi connectivity index (χ3v) is 4.29. The molecule has 0 aromatic carbocycles. The fraction of sp³-hybridized carbons (Fsp3) is 0.417. The van der Waals surface area contributed by atoms with E-state index in [1.54, 1.807) is 29.9 Å². The predicted molar refractivity (Wildman–Crippen MR) is 67.9 cm³/mol. The molecular weight excluding hydrogens is 232 g/mol. The van der Waals surface area contributed by atoms with Crippen LogP contribution in [0.1, 0.15) is 29.3 Å². The molecule has 2 heterocycles. The van der Waals surface area contributed by atoms with E-state index in [0.717, 1.165) is 23.5 Å². The van der Waals surface area contributed by atoms with Gasteiger partial charge in [0.25, 0.3) is 0 Å². The Bertz CT molecular complexity index is 508. The number of aryl methyl sites for hydroxylation is 1. The minimum atomic E-state index is 0.431. The predicted octanol–water partition coefficient (Wildman–Crippen LogP) is 1.98. The Balaban J connectivity index is 2.02. The second kappa shape index (κ2) is 4.50. The highest BCUT2D eigenvalue weighted by atomic mass is 32.1. The van der Waals surface area contributed by atoms with Gasteiger partial charge in [0.1, 0.15) is 10.7 Å². The van der Waals surface area contributed by atoms with Gasteiger partial charge in [-0.25, -0.2) is 4.98 Å². The van der Waals surface area contributed by atoms with Gasteiger partial charge in [-0.3, -0.25) is 9.97 Å². The number of nitrogens with two attached hydrogens (primary N) is 1. The number of rotatable bonds is 2. The van der Waals surface area contributed by atoms with Crippen molar-refractivity contribution in [1.82, 2.24) is 15.0 Å². The van der Waals surface area contributed by atoms with E-state index in [-0.39, 0.29) is 0 Å². The molecule has 1 unspecified atom stereocenters. The Hall–Kier alpha value is -1.33. The van der Waals surface area contributed by atoms with E-state index in [9.17, 15) is 0 Å². The van der Waals surface area contributed by atoms with Gasteiger partial charge in [-0.05, 0) is 19.3 Å². The summed E-state index contributed by atoms with van der Waals surface area (Å²) in [6, 6.07) is 0. The summed E-state index contributed by atoms with van der Waals surface area (Å²) in [6.07, 6.45) is 8.66. The van der Waals surface area contributed by atoms with Crippen molar-refractivity contribution in [1.29, 1.82) is 0 Å². The summed E-state index contributed by atoms with van der Waals surface area (Å²) in [6.45, 7) is 0.691. The molecule has 0 bridgehead atoms. The van der Waals surface area contributed by atoms with Crippen molar-refractivity contribution >= 4 is 11.3 Å². The van der Waals surface area contributed by atoms with Crippen molar-refractivity contribution in [2.75, 3.05) is 6.54 Å². The van der Waals surface area contributed by atoms with E-state index in [4.69, 9.17) is 10.7 Å². The van der Waals surface area contributed by atoms with Crippen LogP contribution in [0.25, 0.3) is 10.7 Å². The van der Waals surface area contributed by atoms with Crippen molar-refractivity contribution in [3.8, 4) is 10.7 Å². The lowest BCUT2D eigenvalue weighted by molar-refractivity contribution is 0.554. The first-order valence-electron chi connectivity index (χ1n) is 5.84. The number of fused-ring (bicyclic) bond motifs is 1. The molecule has 0 saturated carbocycles. The molecule has 5 heteroatoms. The first-order chi connectivity index (χ1) is 8.38. The molecule has 0 amide bonds. The van der Waals surface area contributed by atoms with Crippen LogP contribution in [-0.4, -0.2) is 21.5 Å².